The lowest BCUT2D eigenvalue weighted by Crippen LogP contribution is -2.15. The molecule has 0 aliphatic heterocycles. The summed E-state index contributed by atoms with van der Waals surface area (Å²) in [4.78, 5) is 12.3. The number of para-hydroxylation sites is 1. The van der Waals surface area contributed by atoms with Gasteiger partial charge in [0.2, 0.25) is 0 Å². The van der Waals surface area contributed by atoms with Crippen molar-refractivity contribution in [2.24, 2.45) is 10.2 Å². The van der Waals surface area contributed by atoms with Gasteiger partial charge in [0, 0.05) is 17.8 Å². The van der Waals surface area contributed by atoms with Gasteiger partial charge in [0.25, 0.3) is 14.6 Å². The Kier molecular flexibility index (Phi) is 6.55. The molecule has 1 atom stereocenters. The molecule has 0 radical (unpaired) electrons. The molecular weight excluding hydrogens is 446 g/mol. The summed E-state index contributed by atoms with van der Waals surface area (Å²) >= 11 is 0. The number of hydrogen-bond acceptors (Lipinski definition) is 8. The van der Waals surface area contributed by atoms with Gasteiger partial charge >= 0.3 is 0 Å². The van der Waals surface area contributed by atoms with E-state index in [-0.39, 0.29) is 27.7 Å². The van der Waals surface area contributed by atoms with Gasteiger partial charge in [-0.25, -0.2) is 13.1 Å². The number of hydrogen-bond donors (Lipinski definition) is 1. The Hall–Kier alpha value is -3.46. The van der Waals surface area contributed by atoms with E-state index in [1.54, 1.807) is 37.3 Å². The Morgan fingerprint density at radius 1 is 1.19 bits per heavy atom. The van der Waals surface area contributed by atoms with Crippen molar-refractivity contribution in [3.8, 4) is 17.5 Å². The maximum absolute atomic E-state index is 12.7. The van der Waals surface area contributed by atoms with Gasteiger partial charge in [-0.15, -0.1) is 5.11 Å². The van der Waals surface area contributed by atoms with Crippen LogP contribution in [-0.4, -0.2) is 31.6 Å². The molecule has 3 aromatic rings. The van der Waals surface area contributed by atoms with Gasteiger partial charge in [0.1, 0.15) is 16.7 Å². The minimum absolute atomic E-state index is 0.0332. The van der Waals surface area contributed by atoms with Crippen LogP contribution < -0.4 is 10.3 Å². The number of nitriles is 1. The summed E-state index contributed by atoms with van der Waals surface area (Å²) in [7, 11) is 2.72. The molecule has 3 rings (SSSR count). The average molecular weight is 462 g/mol. The van der Waals surface area contributed by atoms with Crippen LogP contribution in [-0.2, 0) is 13.8 Å². The normalized spacial score (nSPS) is 12.6. The van der Waals surface area contributed by atoms with E-state index in [2.05, 4.69) is 15.3 Å². The molecule has 0 saturated heterocycles. The number of nitrogens with zero attached hydrogens (tertiary/aromatic N) is 4. The highest BCUT2D eigenvalue weighted by molar-refractivity contribution is 8.13. The van der Waals surface area contributed by atoms with E-state index in [0.717, 1.165) is 10.7 Å². The molecule has 0 aliphatic carbocycles. The van der Waals surface area contributed by atoms with Crippen molar-refractivity contribution in [2.45, 2.75) is 18.1 Å². The number of benzene rings is 2. The van der Waals surface area contributed by atoms with Crippen molar-refractivity contribution in [3.63, 3.8) is 0 Å². The lowest BCUT2D eigenvalue weighted by atomic mass is 10.3. The zero-order chi connectivity index (χ0) is 22.6. The third-order valence-corrected chi connectivity index (χ3v) is 5.42. The van der Waals surface area contributed by atoms with E-state index in [1.807, 2.05) is 6.07 Å². The quantitative estimate of drug-likeness (QED) is 0.323. The number of H-pyrrole nitrogens is 1. The van der Waals surface area contributed by atoms with E-state index >= 15 is 0 Å². The molecule has 0 spiro atoms. The summed E-state index contributed by atoms with van der Waals surface area (Å²) in [5, 5.41) is 19.8. The summed E-state index contributed by atoms with van der Waals surface area (Å²) in [6.45, 7) is 1.57. The van der Waals surface area contributed by atoms with Gasteiger partial charge in [-0.1, -0.05) is 18.2 Å². The molecule has 31 heavy (non-hydrogen) atoms. The van der Waals surface area contributed by atoms with Gasteiger partial charge in [-0.05, 0) is 37.3 Å². The van der Waals surface area contributed by atoms with E-state index in [4.69, 9.17) is 20.2 Å². The first-order chi connectivity index (χ1) is 14.7. The fourth-order valence-corrected chi connectivity index (χ4v) is 3.52. The van der Waals surface area contributed by atoms with E-state index in [0.29, 0.717) is 5.69 Å². The Bertz CT molecular complexity index is 1330. The fourth-order valence-electron chi connectivity index (χ4n) is 2.54. The SMILES string of the molecule is COC(C)Oc1ccc(/N=N/c2c(C#N)[nH]n(-c3ccccc3)c2=O)cc1S(=O)(=O)Cl. The molecule has 1 aromatic heterocycles. The molecule has 0 bridgehead atoms. The van der Waals surface area contributed by atoms with Crippen LogP contribution >= 0.6 is 10.7 Å². The Morgan fingerprint density at radius 3 is 2.52 bits per heavy atom. The van der Waals surface area contributed by atoms with Crippen molar-refractivity contribution < 1.29 is 17.9 Å². The Morgan fingerprint density at radius 2 is 1.90 bits per heavy atom. The van der Waals surface area contributed by atoms with Gasteiger partial charge < -0.3 is 9.47 Å². The smallest absolute Gasteiger partial charge is 0.300 e. The van der Waals surface area contributed by atoms with Crippen molar-refractivity contribution in [2.75, 3.05) is 7.11 Å². The number of azo groups is 1. The lowest BCUT2D eigenvalue weighted by Gasteiger charge is -2.14. The first kappa shape index (κ1) is 22.2. The van der Waals surface area contributed by atoms with Crippen molar-refractivity contribution in [3.05, 3.63) is 64.6 Å². The molecule has 12 heteroatoms. The van der Waals surface area contributed by atoms with Crippen molar-refractivity contribution in [1.29, 1.82) is 5.26 Å². The second kappa shape index (κ2) is 9.13. The molecule has 1 unspecified atom stereocenters. The number of nitrogens with one attached hydrogen (secondary N) is 1. The third kappa shape index (κ3) is 5.00. The molecule has 0 fully saturated rings. The highest BCUT2D eigenvalue weighted by Crippen LogP contribution is 2.32. The fraction of sp³-hybridized carbons (Fsp3) is 0.158. The number of ether oxygens (including phenoxy) is 2. The molecular formula is C19H16ClN5O5S. The van der Waals surface area contributed by atoms with Gasteiger partial charge in [-0.2, -0.15) is 10.4 Å². The lowest BCUT2D eigenvalue weighted by molar-refractivity contribution is -0.0399. The number of aromatic amines is 1. The largest absolute Gasteiger partial charge is 0.464 e. The monoisotopic (exact) mass is 461 g/mol. The minimum Gasteiger partial charge on any atom is -0.464 e. The van der Waals surface area contributed by atoms with E-state index in [1.165, 1.54) is 19.2 Å². The van der Waals surface area contributed by atoms with Crippen LogP contribution in [0.1, 0.15) is 12.6 Å². The van der Waals surface area contributed by atoms with E-state index < -0.39 is 20.9 Å². The number of rotatable bonds is 7. The second-order valence-electron chi connectivity index (χ2n) is 6.11. The van der Waals surface area contributed by atoms with Crippen LogP contribution in [0, 0.1) is 11.3 Å². The van der Waals surface area contributed by atoms with Gasteiger partial charge in [0.15, 0.2) is 17.7 Å². The molecule has 1 heterocycles. The second-order valence-corrected chi connectivity index (χ2v) is 8.65. The molecule has 160 valence electrons. The molecule has 1 N–H and O–H groups in total. The van der Waals surface area contributed by atoms with Gasteiger partial charge in [-0.3, -0.25) is 9.89 Å². The topological polar surface area (TPSA) is 139 Å². The molecule has 0 amide bonds. The highest BCUT2D eigenvalue weighted by Gasteiger charge is 2.20. The maximum atomic E-state index is 12.7. The predicted octanol–water partition coefficient (Wildman–Crippen LogP) is 3.75. The summed E-state index contributed by atoms with van der Waals surface area (Å²) in [5.74, 6) is -0.0332. The summed E-state index contributed by atoms with van der Waals surface area (Å²) in [6, 6.07) is 14.4. The van der Waals surface area contributed by atoms with E-state index in [9.17, 15) is 18.5 Å². The average Bonchev–Trinajstić information content (AvgIpc) is 3.08. The first-order valence-electron chi connectivity index (χ1n) is 8.75. The van der Waals surface area contributed by atoms with Crippen LogP contribution in [0.4, 0.5) is 11.4 Å². The number of methoxy groups -OCH3 is 1. The number of aromatic nitrogens is 2. The minimum atomic E-state index is -4.18. The summed E-state index contributed by atoms with van der Waals surface area (Å²) < 4.78 is 35.4. The van der Waals surface area contributed by atoms with Gasteiger partial charge in [0.05, 0.1) is 11.4 Å². The molecule has 0 saturated carbocycles. The van der Waals surface area contributed by atoms with Crippen LogP contribution in [0.25, 0.3) is 5.69 Å². The Balaban J connectivity index is 2.02. The predicted molar refractivity (Wildman–Crippen MR) is 112 cm³/mol. The van der Waals surface area contributed by atoms with Crippen molar-refractivity contribution in [1.82, 2.24) is 9.78 Å². The molecule has 2 aromatic carbocycles. The van der Waals surface area contributed by atoms with Crippen LogP contribution in [0.3, 0.4) is 0 Å². The first-order valence-corrected chi connectivity index (χ1v) is 11.1. The maximum Gasteiger partial charge on any atom is 0.300 e. The standard InChI is InChI=1S/C19H16ClN5O5S/c1-12(29-2)30-16-9-8-13(10-17(16)31(20,27)28)22-23-18-15(11-21)24-25(19(18)26)14-6-4-3-5-7-14/h3-10,12,24H,1-2H3/b23-22+. The Labute approximate surface area is 181 Å². The van der Waals surface area contributed by atoms with Crippen LogP contribution in [0.2, 0.25) is 0 Å². The van der Waals surface area contributed by atoms with Crippen molar-refractivity contribution >= 4 is 31.1 Å². The summed E-state index contributed by atoms with van der Waals surface area (Å²) in [6.07, 6.45) is -0.723. The molecule has 10 nitrogen and oxygen atoms in total. The zero-order valence-electron chi connectivity index (χ0n) is 16.3. The summed E-state index contributed by atoms with van der Waals surface area (Å²) in [5.41, 5.74) is -0.334. The van der Waals surface area contributed by atoms with Crippen LogP contribution in [0.5, 0.6) is 5.75 Å². The zero-order valence-corrected chi connectivity index (χ0v) is 17.9. The third-order valence-electron chi connectivity index (χ3n) is 4.07. The number of halogens is 1. The highest BCUT2D eigenvalue weighted by atomic mass is 35.7. The van der Waals surface area contributed by atoms with Crippen LogP contribution in [0.15, 0.2) is 68.4 Å². The molecule has 0 aliphatic rings.